The van der Waals surface area contributed by atoms with Crippen LogP contribution in [-0.2, 0) is 6.42 Å². The Morgan fingerprint density at radius 2 is 2.10 bits per heavy atom. The lowest BCUT2D eigenvalue weighted by Crippen LogP contribution is -2.29. The third-order valence-electron chi connectivity index (χ3n) is 3.33. The molecule has 1 aromatic carbocycles. The van der Waals surface area contributed by atoms with E-state index in [-0.39, 0.29) is 6.04 Å². The molecule has 0 aliphatic rings. The first-order valence-electron chi connectivity index (χ1n) is 6.31. The molecule has 3 aromatic rings. The van der Waals surface area contributed by atoms with Gasteiger partial charge in [-0.15, -0.1) is 11.3 Å². The molecular formula is C15H14ClN3S. The summed E-state index contributed by atoms with van der Waals surface area (Å²) in [6.45, 7) is 0. The number of benzene rings is 1. The van der Waals surface area contributed by atoms with Crippen molar-refractivity contribution in [3.05, 3.63) is 63.4 Å². The van der Waals surface area contributed by atoms with Crippen LogP contribution in [0.5, 0.6) is 0 Å². The first-order valence-corrected chi connectivity index (χ1v) is 7.57. The summed E-state index contributed by atoms with van der Waals surface area (Å²) in [5.41, 5.74) is 5.07. The average molecular weight is 304 g/mol. The zero-order valence-corrected chi connectivity index (χ0v) is 12.3. The standard InChI is InChI=1S/C15H14ClN3S/c16-12-6-8-20-15(12)14(19-17)9-10-5-7-18-13-4-2-1-3-11(10)13/h1-8,14,19H,9,17H2. The summed E-state index contributed by atoms with van der Waals surface area (Å²) in [6, 6.07) is 12.1. The highest BCUT2D eigenvalue weighted by atomic mass is 35.5. The van der Waals surface area contributed by atoms with E-state index >= 15 is 0 Å². The van der Waals surface area contributed by atoms with Gasteiger partial charge in [0, 0.05) is 16.5 Å². The number of hydrazine groups is 1. The van der Waals surface area contributed by atoms with Crippen molar-refractivity contribution >= 4 is 33.8 Å². The maximum atomic E-state index is 6.20. The molecule has 5 heteroatoms. The van der Waals surface area contributed by atoms with E-state index in [9.17, 15) is 0 Å². The van der Waals surface area contributed by atoms with Gasteiger partial charge in [0.1, 0.15) is 0 Å². The normalized spacial score (nSPS) is 12.7. The van der Waals surface area contributed by atoms with Crippen LogP contribution in [0.15, 0.2) is 48.0 Å². The number of hydrogen-bond donors (Lipinski definition) is 2. The maximum Gasteiger partial charge on any atom is 0.0704 e. The van der Waals surface area contributed by atoms with Crippen LogP contribution in [0.1, 0.15) is 16.5 Å². The van der Waals surface area contributed by atoms with E-state index in [1.54, 1.807) is 11.3 Å². The minimum absolute atomic E-state index is 0.00769. The number of para-hydroxylation sites is 1. The Hall–Kier alpha value is -1.46. The minimum atomic E-state index is 0.00769. The second-order valence-electron chi connectivity index (χ2n) is 4.54. The van der Waals surface area contributed by atoms with Crippen LogP contribution in [0.25, 0.3) is 10.9 Å². The second kappa shape index (κ2) is 5.89. The van der Waals surface area contributed by atoms with Crippen molar-refractivity contribution < 1.29 is 0 Å². The highest BCUT2D eigenvalue weighted by Gasteiger charge is 2.16. The van der Waals surface area contributed by atoms with Gasteiger partial charge in [-0.3, -0.25) is 16.3 Å². The lowest BCUT2D eigenvalue weighted by atomic mass is 10.0. The van der Waals surface area contributed by atoms with Gasteiger partial charge in [-0.2, -0.15) is 0 Å². The Labute approximate surface area is 126 Å². The topological polar surface area (TPSA) is 50.9 Å². The smallest absolute Gasteiger partial charge is 0.0704 e. The van der Waals surface area contributed by atoms with E-state index in [0.29, 0.717) is 0 Å². The second-order valence-corrected chi connectivity index (χ2v) is 5.90. The van der Waals surface area contributed by atoms with E-state index in [1.807, 2.05) is 41.9 Å². The molecule has 2 heterocycles. The molecule has 102 valence electrons. The van der Waals surface area contributed by atoms with Crippen LogP contribution >= 0.6 is 22.9 Å². The van der Waals surface area contributed by atoms with Gasteiger partial charge in [-0.1, -0.05) is 29.8 Å². The number of halogens is 1. The lowest BCUT2D eigenvalue weighted by molar-refractivity contribution is 0.562. The zero-order valence-electron chi connectivity index (χ0n) is 10.7. The van der Waals surface area contributed by atoms with Crippen LogP contribution in [0.4, 0.5) is 0 Å². The van der Waals surface area contributed by atoms with Crippen LogP contribution in [0.3, 0.4) is 0 Å². The van der Waals surface area contributed by atoms with E-state index in [1.165, 1.54) is 5.56 Å². The molecule has 0 bridgehead atoms. The highest BCUT2D eigenvalue weighted by molar-refractivity contribution is 7.10. The zero-order chi connectivity index (χ0) is 13.9. The first-order chi connectivity index (χ1) is 9.79. The fourth-order valence-electron chi connectivity index (χ4n) is 2.33. The average Bonchev–Trinajstić information content (AvgIpc) is 2.91. The number of thiophene rings is 1. The highest BCUT2D eigenvalue weighted by Crippen LogP contribution is 2.31. The Balaban J connectivity index is 1.98. The fraction of sp³-hybridized carbons (Fsp3) is 0.133. The van der Waals surface area contributed by atoms with Gasteiger partial charge in [-0.05, 0) is 35.6 Å². The number of pyridine rings is 1. The predicted molar refractivity (Wildman–Crippen MR) is 84.8 cm³/mol. The molecule has 2 aromatic heterocycles. The number of nitrogens with one attached hydrogen (secondary N) is 1. The third-order valence-corrected chi connectivity index (χ3v) is 4.80. The number of aromatic nitrogens is 1. The Bertz CT molecular complexity index is 720. The van der Waals surface area contributed by atoms with Gasteiger partial charge in [-0.25, -0.2) is 0 Å². The quantitative estimate of drug-likeness (QED) is 0.571. The molecule has 3 rings (SSSR count). The van der Waals surface area contributed by atoms with Crippen LogP contribution in [0.2, 0.25) is 5.02 Å². The van der Waals surface area contributed by atoms with Crippen molar-refractivity contribution in [2.75, 3.05) is 0 Å². The van der Waals surface area contributed by atoms with Crippen molar-refractivity contribution in [3.8, 4) is 0 Å². The van der Waals surface area contributed by atoms with Crippen molar-refractivity contribution in [2.24, 2.45) is 5.84 Å². The monoisotopic (exact) mass is 303 g/mol. The molecule has 1 unspecified atom stereocenters. The van der Waals surface area contributed by atoms with Crippen LogP contribution in [0, 0.1) is 0 Å². The fourth-order valence-corrected chi connectivity index (χ4v) is 3.58. The molecule has 0 amide bonds. The Morgan fingerprint density at radius 1 is 1.25 bits per heavy atom. The minimum Gasteiger partial charge on any atom is -0.271 e. The van der Waals surface area contributed by atoms with Gasteiger partial charge in [0.15, 0.2) is 0 Å². The van der Waals surface area contributed by atoms with E-state index in [0.717, 1.165) is 27.2 Å². The summed E-state index contributed by atoms with van der Waals surface area (Å²) in [6.07, 6.45) is 2.61. The van der Waals surface area contributed by atoms with Crippen molar-refractivity contribution in [1.82, 2.24) is 10.4 Å². The largest absolute Gasteiger partial charge is 0.271 e. The van der Waals surface area contributed by atoms with E-state index in [2.05, 4.69) is 16.5 Å². The van der Waals surface area contributed by atoms with E-state index < -0.39 is 0 Å². The molecule has 20 heavy (non-hydrogen) atoms. The molecular weight excluding hydrogens is 290 g/mol. The van der Waals surface area contributed by atoms with Crippen molar-refractivity contribution in [3.63, 3.8) is 0 Å². The summed E-state index contributed by atoms with van der Waals surface area (Å²) >= 11 is 7.82. The van der Waals surface area contributed by atoms with Crippen LogP contribution in [-0.4, -0.2) is 4.98 Å². The van der Waals surface area contributed by atoms with Gasteiger partial charge in [0.25, 0.3) is 0 Å². The van der Waals surface area contributed by atoms with Crippen molar-refractivity contribution in [2.45, 2.75) is 12.5 Å². The lowest BCUT2D eigenvalue weighted by Gasteiger charge is -2.16. The Kier molecular flexibility index (Phi) is 3.98. The summed E-state index contributed by atoms with van der Waals surface area (Å²) in [5, 5.41) is 3.89. The number of nitrogens with two attached hydrogens (primary N) is 1. The molecule has 0 saturated carbocycles. The molecule has 0 aliphatic heterocycles. The number of hydrogen-bond acceptors (Lipinski definition) is 4. The van der Waals surface area contributed by atoms with E-state index in [4.69, 9.17) is 17.4 Å². The van der Waals surface area contributed by atoms with Gasteiger partial charge < -0.3 is 0 Å². The molecule has 3 N–H and O–H groups in total. The summed E-state index contributed by atoms with van der Waals surface area (Å²) < 4.78 is 0. The number of fused-ring (bicyclic) bond motifs is 1. The molecule has 0 spiro atoms. The number of rotatable bonds is 4. The van der Waals surface area contributed by atoms with Gasteiger partial charge >= 0.3 is 0 Å². The molecule has 0 saturated heterocycles. The molecule has 1 atom stereocenters. The third kappa shape index (κ3) is 2.55. The van der Waals surface area contributed by atoms with Crippen molar-refractivity contribution in [1.29, 1.82) is 0 Å². The maximum absolute atomic E-state index is 6.20. The molecule has 0 radical (unpaired) electrons. The first kappa shape index (κ1) is 13.5. The number of nitrogens with zero attached hydrogens (tertiary/aromatic N) is 1. The molecule has 3 nitrogen and oxygen atoms in total. The van der Waals surface area contributed by atoms with Gasteiger partial charge in [0.2, 0.25) is 0 Å². The summed E-state index contributed by atoms with van der Waals surface area (Å²) in [4.78, 5) is 5.45. The summed E-state index contributed by atoms with van der Waals surface area (Å²) in [7, 11) is 0. The SMILES string of the molecule is NNC(Cc1ccnc2ccccc12)c1sccc1Cl. The summed E-state index contributed by atoms with van der Waals surface area (Å²) in [5.74, 6) is 5.71. The van der Waals surface area contributed by atoms with Crippen LogP contribution < -0.4 is 11.3 Å². The molecule has 0 aliphatic carbocycles. The Morgan fingerprint density at radius 3 is 2.85 bits per heavy atom. The predicted octanol–water partition coefficient (Wildman–Crippen LogP) is 3.70. The van der Waals surface area contributed by atoms with Gasteiger partial charge in [0.05, 0.1) is 16.6 Å². The molecule has 0 fully saturated rings.